The molecule has 7 nitrogen and oxygen atoms in total. The number of piperazine rings is 1. The largest absolute Gasteiger partial charge is 0.497 e. The zero-order chi connectivity index (χ0) is 22.5. The van der Waals surface area contributed by atoms with E-state index >= 15 is 0 Å². The van der Waals surface area contributed by atoms with Gasteiger partial charge < -0.3 is 24.4 Å². The van der Waals surface area contributed by atoms with E-state index in [1.165, 1.54) is 21.6 Å². The van der Waals surface area contributed by atoms with Crippen LogP contribution in [-0.2, 0) is 6.54 Å². The van der Waals surface area contributed by atoms with Crippen LogP contribution >= 0.6 is 0 Å². The Labute approximate surface area is 190 Å². The van der Waals surface area contributed by atoms with E-state index in [-0.39, 0.29) is 0 Å². The number of nitrogens with zero attached hydrogens (tertiary/aromatic N) is 3. The van der Waals surface area contributed by atoms with Gasteiger partial charge in [-0.05, 0) is 54.4 Å². The minimum absolute atomic E-state index is 0.341. The van der Waals surface area contributed by atoms with Crippen molar-refractivity contribution >= 4 is 6.09 Å². The van der Waals surface area contributed by atoms with Crippen LogP contribution in [0.25, 0.3) is 0 Å². The second-order valence-electron chi connectivity index (χ2n) is 8.70. The summed E-state index contributed by atoms with van der Waals surface area (Å²) >= 11 is 0. The van der Waals surface area contributed by atoms with Crippen LogP contribution in [-0.4, -0.2) is 85.9 Å². The van der Waals surface area contributed by atoms with Gasteiger partial charge in [-0.25, -0.2) is 4.79 Å². The van der Waals surface area contributed by atoms with Crippen molar-refractivity contribution in [2.75, 3.05) is 60.0 Å². The summed E-state index contributed by atoms with van der Waals surface area (Å²) in [5.41, 5.74) is 3.99. The third-order valence-corrected chi connectivity index (χ3v) is 6.47. The number of rotatable bonds is 7. The molecule has 0 saturated carbocycles. The molecule has 1 N–H and O–H groups in total. The van der Waals surface area contributed by atoms with Gasteiger partial charge >= 0.3 is 6.09 Å². The smallest absolute Gasteiger partial charge is 0.407 e. The number of carboxylic acid groups (broad SMARTS) is 1. The van der Waals surface area contributed by atoms with Crippen LogP contribution in [0.5, 0.6) is 11.5 Å². The molecule has 2 heterocycles. The van der Waals surface area contributed by atoms with Gasteiger partial charge in [0.1, 0.15) is 11.5 Å². The van der Waals surface area contributed by atoms with Gasteiger partial charge in [-0.3, -0.25) is 4.90 Å². The molecule has 0 aliphatic carbocycles. The number of ether oxygens (including phenoxy) is 2. The number of benzene rings is 2. The Morgan fingerprint density at radius 3 is 2.47 bits per heavy atom. The van der Waals surface area contributed by atoms with Crippen LogP contribution in [0.3, 0.4) is 0 Å². The SMILES string of the molecule is COc1ccc(C2CN(C)Cc3cc(OCCCN4CCN(C(=O)O)CC4)ccc32)cc1. The van der Waals surface area contributed by atoms with Crippen molar-refractivity contribution in [3.8, 4) is 11.5 Å². The molecule has 1 unspecified atom stereocenters. The summed E-state index contributed by atoms with van der Waals surface area (Å²) in [6, 6.07) is 14.9. The predicted octanol–water partition coefficient (Wildman–Crippen LogP) is 3.34. The van der Waals surface area contributed by atoms with Gasteiger partial charge in [-0.1, -0.05) is 18.2 Å². The molecular formula is C25H33N3O4. The van der Waals surface area contributed by atoms with E-state index in [0.29, 0.717) is 25.6 Å². The highest BCUT2D eigenvalue weighted by Gasteiger charge is 2.25. The van der Waals surface area contributed by atoms with Crippen molar-refractivity contribution in [3.63, 3.8) is 0 Å². The number of amides is 1. The normalized spacial score (nSPS) is 19.4. The number of carbonyl (C=O) groups is 1. The fourth-order valence-corrected chi connectivity index (χ4v) is 4.68. The van der Waals surface area contributed by atoms with Crippen molar-refractivity contribution in [1.82, 2.24) is 14.7 Å². The Balaban J connectivity index is 1.32. The highest BCUT2D eigenvalue weighted by atomic mass is 16.5. The average Bonchev–Trinajstić information content (AvgIpc) is 2.81. The number of likely N-dealkylation sites (N-methyl/N-ethyl adjacent to an activating group) is 1. The van der Waals surface area contributed by atoms with Crippen molar-refractivity contribution in [2.24, 2.45) is 0 Å². The molecule has 1 atom stereocenters. The summed E-state index contributed by atoms with van der Waals surface area (Å²) < 4.78 is 11.4. The fourth-order valence-electron chi connectivity index (χ4n) is 4.68. The predicted molar refractivity (Wildman–Crippen MR) is 124 cm³/mol. The molecule has 4 rings (SSSR count). The van der Waals surface area contributed by atoms with Gasteiger partial charge in [-0.2, -0.15) is 0 Å². The van der Waals surface area contributed by atoms with Crippen LogP contribution in [0.15, 0.2) is 42.5 Å². The zero-order valence-electron chi connectivity index (χ0n) is 19.0. The highest BCUT2D eigenvalue weighted by molar-refractivity contribution is 5.65. The lowest BCUT2D eigenvalue weighted by molar-refractivity contribution is 0.103. The van der Waals surface area contributed by atoms with Crippen molar-refractivity contribution in [1.29, 1.82) is 0 Å². The molecule has 2 aromatic carbocycles. The van der Waals surface area contributed by atoms with Gasteiger partial charge in [-0.15, -0.1) is 0 Å². The van der Waals surface area contributed by atoms with Crippen LogP contribution in [0.1, 0.15) is 29.0 Å². The van der Waals surface area contributed by atoms with E-state index in [1.54, 1.807) is 7.11 Å². The minimum atomic E-state index is -0.819. The van der Waals surface area contributed by atoms with Crippen LogP contribution in [0.2, 0.25) is 0 Å². The molecule has 7 heteroatoms. The van der Waals surface area contributed by atoms with Crippen LogP contribution in [0, 0.1) is 0 Å². The molecule has 172 valence electrons. The monoisotopic (exact) mass is 439 g/mol. The fraction of sp³-hybridized carbons (Fsp3) is 0.480. The van der Waals surface area contributed by atoms with E-state index in [2.05, 4.69) is 47.2 Å². The first-order valence-corrected chi connectivity index (χ1v) is 11.3. The first-order chi connectivity index (χ1) is 15.5. The van der Waals surface area contributed by atoms with Crippen LogP contribution < -0.4 is 9.47 Å². The molecular weight excluding hydrogens is 406 g/mol. The summed E-state index contributed by atoms with van der Waals surface area (Å²) in [6.45, 7) is 6.28. The Kier molecular flexibility index (Phi) is 7.17. The summed E-state index contributed by atoms with van der Waals surface area (Å²) in [5.74, 6) is 2.14. The topological polar surface area (TPSA) is 65.5 Å². The first-order valence-electron chi connectivity index (χ1n) is 11.3. The third-order valence-electron chi connectivity index (χ3n) is 6.47. The van der Waals surface area contributed by atoms with Gasteiger partial charge in [0, 0.05) is 51.7 Å². The third kappa shape index (κ3) is 5.34. The quantitative estimate of drug-likeness (QED) is 0.668. The van der Waals surface area contributed by atoms with E-state index in [1.807, 2.05) is 12.1 Å². The number of fused-ring (bicyclic) bond motifs is 1. The molecule has 32 heavy (non-hydrogen) atoms. The maximum Gasteiger partial charge on any atom is 0.407 e. The lowest BCUT2D eigenvalue weighted by Crippen LogP contribution is -2.48. The summed E-state index contributed by atoms with van der Waals surface area (Å²) in [6.07, 6.45) is 0.110. The second kappa shape index (κ2) is 10.2. The molecule has 0 bridgehead atoms. The van der Waals surface area contributed by atoms with Crippen molar-refractivity contribution in [2.45, 2.75) is 18.9 Å². The molecule has 0 spiro atoms. The van der Waals surface area contributed by atoms with Crippen molar-refractivity contribution in [3.05, 3.63) is 59.2 Å². The maximum atomic E-state index is 11.0. The highest BCUT2D eigenvalue weighted by Crippen LogP contribution is 2.35. The molecule has 0 aromatic heterocycles. The molecule has 1 saturated heterocycles. The van der Waals surface area contributed by atoms with Crippen molar-refractivity contribution < 1.29 is 19.4 Å². The van der Waals surface area contributed by atoms with E-state index in [4.69, 9.17) is 14.6 Å². The van der Waals surface area contributed by atoms with Crippen LogP contribution in [0.4, 0.5) is 4.79 Å². The molecule has 2 aliphatic rings. The molecule has 2 aliphatic heterocycles. The Bertz CT molecular complexity index is 910. The van der Waals surface area contributed by atoms with Gasteiger partial charge in [0.15, 0.2) is 0 Å². The Morgan fingerprint density at radius 1 is 1.06 bits per heavy atom. The maximum absolute atomic E-state index is 11.0. The molecule has 2 aromatic rings. The summed E-state index contributed by atoms with van der Waals surface area (Å²) in [7, 11) is 3.86. The van der Waals surface area contributed by atoms with E-state index in [0.717, 1.165) is 50.6 Å². The summed E-state index contributed by atoms with van der Waals surface area (Å²) in [4.78, 5) is 17.2. The average molecular weight is 440 g/mol. The van der Waals surface area contributed by atoms with Gasteiger partial charge in [0.25, 0.3) is 0 Å². The molecule has 0 radical (unpaired) electrons. The zero-order valence-corrected chi connectivity index (χ0v) is 19.0. The molecule has 1 amide bonds. The number of hydrogen-bond acceptors (Lipinski definition) is 5. The molecule has 1 fully saturated rings. The number of methoxy groups -OCH3 is 1. The van der Waals surface area contributed by atoms with Gasteiger partial charge in [0.05, 0.1) is 13.7 Å². The van der Waals surface area contributed by atoms with E-state index < -0.39 is 6.09 Å². The minimum Gasteiger partial charge on any atom is -0.497 e. The second-order valence-corrected chi connectivity index (χ2v) is 8.70. The van der Waals surface area contributed by atoms with E-state index in [9.17, 15) is 4.79 Å². The lowest BCUT2D eigenvalue weighted by Gasteiger charge is -2.33. The Morgan fingerprint density at radius 2 is 1.78 bits per heavy atom. The summed E-state index contributed by atoms with van der Waals surface area (Å²) in [5, 5.41) is 9.05. The van der Waals surface area contributed by atoms with Gasteiger partial charge in [0.2, 0.25) is 0 Å². The lowest BCUT2D eigenvalue weighted by atomic mass is 9.84. The Hall–Kier alpha value is -2.77. The first kappa shape index (κ1) is 22.4. The number of hydrogen-bond donors (Lipinski definition) is 1. The standard InChI is InChI=1S/C25H33N3O4/c1-26-17-20-16-22(32-15-3-10-27-11-13-28(14-12-27)25(29)30)8-9-23(20)24(18-26)19-4-6-21(31-2)7-5-19/h4-9,16,24H,3,10-15,17-18H2,1-2H3,(H,29,30).